The molecule has 0 aromatic carbocycles. The van der Waals surface area contributed by atoms with Crippen molar-refractivity contribution in [1.82, 2.24) is 0 Å². The molecule has 2 aliphatic rings. The van der Waals surface area contributed by atoms with E-state index in [-0.39, 0.29) is 10.4 Å². The Balaban J connectivity index is 2.60. The van der Waals surface area contributed by atoms with Crippen LogP contribution in [0.5, 0.6) is 0 Å². The van der Waals surface area contributed by atoms with Gasteiger partial charge in [-0.25, -0.2) is 0 Å². The van der Waals surface area contributed by atoms with Crippen LogP contribution >= 0.6 is 0 Å². The summed E-state index contributed by atoms with van der Waals surface area (Å²) < 4.78 is -0.271. The first-order chi connectivity index (χ1) is 7.12. The van der Waals surface area contributed by atoms with Crippen molar-refractivity contribution < 1.29 is 9.70 Å². The van der Waals surface area contributed by atoms with E-state index < -0.39 is 0 Å². The molecule has 1 unspecified atom stereocenters. The van der Waals surface area contributed by atoms with Crippen LogP contribution in [0.3, 0.4) is 0 Å². The van der Waals surface area contributed by atoms with E-state index in [9.17, 15) is 10.4 Å². The highest BCUT2D eigenvalue weighted by atomic mass is 16.3. The average molecular weight is 203 g/mol. The van der Waals surface area contributed by atoms with Crippen molar-refractivity contribution in [2.45, 2.75) is 20.3 Å². The van der Waals surface area contributed by atoms with Gasteiger partial charge in [-0.05, 0) is 9.69 Å². The molecule has 0 saturated carbocycles. The monoisotopic (exact) mass is 203 g/mol. The minimum atomic E-state index is -0.271. The van der Waals surface area contributed by atoms with Gasteiger partial charge in [0.25, 0.3) is 5.84 Å². The Hall–Kier alpha value is -1.93. The van der Waals surface area contributed by atoms with Gasteiger partial charge in [0, 0.05) is 19.4 Å². The summed E-state index contributed by atoms with van der Waals surface area (Å²) in [6.07, 6.45) is 5.79. The number of nitrogens with zero attached hydrogens (tertiary/aromatic N) is 4. The third kappa shape index (κ3) is 1.19. The highest BCUT2D eigenvalue weighted by Crippen LogP contribution is 2.29. The quantitative estimate of drug-likeness (QED) is 0.521. The number of rotatable bonds is 1. The van der Waals surface area contributed by atoms with E-state index in [2.05, 4.69) is 16.3 Å². The van der Waals surface area contributed by atoms with Crippen LogP contribution in [-0.2, 0) is 0 Å². The first-order valence-electron chi connectivity index (χ1n) is 4.70. The molecule has 0 aromatic heterocycles. The Kier molecular flexibility index (Phi) is 1.95. The summed E-state index contributed by atoms with van der Waals surface area (Å²) in [5, 5.41) is 22.9. The van der Waals surface area contributed by atoms with Crippen molar-refractivity contribution in [3.8, 4) is 6.19 Å². The average Bonchev–Trinajstić information content (AvgIpc) is 2.57. The fourth-order valence-electron chi connectivity index (χ4n) is 1.62. The molecule has 0 fully saturated rings. The van der Waals surface area contributed by atoms with E-state index in [1.807, 2.05) is 6.92 Å². The molecule has 0 amide bonds. The molecule has 2 rings (SSSR count). The molecule has 1 atom stereocenters. The number of amidine groups is 2. The first kappa shape index (κ1) is 9.62. The number of aliphatic hydroxyl groups is 1. The number of allylic oxidation sites excluding steroid dienone is 2. The van der Waals surface area contributed by atoms with Gasteiger partial charge in [-0.1, -0.05) is 6.92 Å². The zero-order chi connectivity index (χ0) is 11.1. The van der Waals surface area contributed by atoms with E-state index in [0.29, 0.717) is 23.8 Å². The number of fused-ring (bicyclic) bond motifs is 1. The lowest BCUT2D eigenvalue weighted by molar-refractivity contribution is -0.735. The Bertz CT molecular complexity index is 478. The van der Waals surface area contributed by atoms with Crippen LogP contribution in [0, 0.1) is 11.5 Å². The summed E-state index contributed by atoms with van der Waals surface area (Å²) >= 11 is 0. The largest absolute Gasteiger partial charge is 0.507 e. The summed E-state index contributed by atoms with van der Waals surface area (Å²) in [7, 11) is 0. The zero-order valence-corrected chi connectivity index (χ0v) is 8.60. The lowest BCUT2D eigenvalue weighted by atomic mass is 10.2. The number of quaternary nitrogens is 1. The molecule has 0 bridgehead atoms. The fourth-order valence-corrected chi connectivity index (χ4v) is 1.62. The van der Waals surface area contributed by atoms with Gasteiger partial charge >= 0.3 is 6.19 Å². The van der Waals surface area contributed by atoms with Crippen molar-refractivity contribution in [2.75, 3.05) is 0 Å². The minimum absolute atomic E-state index is 0.114. The Morgan fingerprint density at radius 2 is 2.27 bits per heavy atom. The Morgan fingerprint density at radius 3 is 2.87 bits per heavy atom. The molecular formula is C10H11N4O+. The summed E-state index contributed by atoms with van der Waals surface area (Å²) in [5.41, 5.74) is 0.653. The maximum Gasteiger partial charge on any atom is 0.350 e. The molecule has 0 saturated heterocycles. The molecule has 0 radical (unpaired) electrons. The van der Waals surface area contributed by atoms with Crippen molar-refractivity contribution in [1.29, 1.82) is 5.26 Å². The van der Waals surface area contributed by atoms with Gasteiger partial charge in [-0.3, -0.25) is 0 Å². The van der Waals surface area contributed by atoms with Gasteiger partial charge in [0.2, 0.25) is 0 Å². The van der Waals surface area contributed by atoms with Gasteiger partial charge in [0.1, 0.15) is 5.76 Å². The van der Waals surface area contributed by atoms with Crippen molar-refractivity contribution >= 4 is 11.7 Å². The number of nitriles is 1. The van der Waals surface area contributed by atoms with Crippen LogP contribution in [0.2, 0.25) is 0 Å². The van der Waals surface area contributed by atoms with Crippen LogP contribution < -0.4 is 0 Å². The van der Waals surface area contributed by atoms with Crippen LogP contribution in [-0.4, -0.2) is 21.4 Å². The highest BCUT2D eigenvalue weighted by Gasteiger charge is 2.45. The molecule has 1 N–H and O–H groups in total. The second kappa shape index (κ2) is 3.04. The second-order valence-corrected chi connectivity index (χ2v) is 3.43. The molecule has 5 nitrogen and oxygen atoms in total. The van der Waals surface area contributed by atoms with E-state index in [1.54, 1.807) is 6.92 Å². The standard InChI is InChI=1S/C10H10N4O/c1-3-9-12-10-5-8(15)4-7(2)14(10,6-11)13-9/h4-5H,3H2,1-2H3/p+1. The number of aliphatic imine (C=N–C) groups is 1. The Morgan fingerprint density at radius 1 is 1.53 bits per heavy atom. The van der Waals surface area contributed by atoms with Crippen LogP contribution in [0.25, 0.3) is 0 Å². The van der Waals surface area contributed by atoms with Gasteiger partial charge in [0.15, 0.2) is 11.5 Å². The van der Waals surface area contributed by atoms with Crippen LogP contribution in [0.1, 0.15) is 20.3 Å². The van der Waals surface area contributed by atoms with E-state index >= 15 is 0 Å². The van der Waals surface area contributed by atoms with Crippen molar-refractivity contribution in [3.63, 3.8) is 0 Å². The third-order valence-corrected chi connectivity index (χ3v) is 2.45. The van der Waals surface area contributed by atoms with Crippen molar-refractivity contribution in [3.05, 3.63) is 23.6 Å². The van der Waals surface area contributed by atoms with Gasteiger partial charge in [0.05, 0.1) is 6.08 Å². The molecule has 2 aliphatic heterocycles. The fraction of sp³-hybridized carbons (Fsp3) is 0.300. The van der Waals surface area contributed by atoms with Gasteiger partial charge < -0.3 is 5.11 Å². The summed E-state index contributed by atoms with van der Waals surface area (Å²) in [6, 6.07) is 0. The van der Waals surface area contributed by atoms with Crippen LogP contribution in [0.15, 0.2) is 33.7 Å². The number of hydrogen-bond acceptors (Lipinski definition) is 4. The van der Waals surface area contributed by atoms with E-state index in [1.165, 1.54) is 12.2 Å². The molecule has 2 heterocycles. The molecule has 0 spiro atoms. The predicted molar refractivity (Wildman–Crippen MR) is 55.5 cm³/mol. The van der Waals surface area contributed by atoms with Crippen molar-refractivity contribution in [2.24, 2.45) is 10.1 Å². The minimum Gasteiger partial charge on any atom is -0.507 e. The molecule has 5 heteroatoms. The summed E-state index contributed by atoms with van der Waals surface area (Å²) in [4.78, 5) is 4.21. The molecule has 76 valence electrons. The topological polar surface area (TPSA) is 68.7 Å². The maximum absolute atomic E-state index is 9.43. The van der Waals surface area contributed by atoms with Gasteiger partial charge in [-0.15, -0.1) is 5.26 Å². The van der Waals surface area contributed by atoms with E-state index in [0.717, 1.165) is 0 Å². The zero-order valence-electron chi connectivity index (χ0n) is 8.60. The summed E-state index contributed by atoms with van der Waals surface area (Å²) in [6.45, 7) is 3.68. The smallest absolute Gasteiger partial charge is 0.350 e. The van der Waals surface area contributed by atoms with E-state index in [4.69, 9.17) is 0 Å². The predicted octanol–water partition coefficient (Wildman–Crippen LogP) is 1.78. The summed E-state index contributed by atoms with van der Waals surface area (Å²) in [5.74, 6) is 1.21. The van der Waals surface area contributed by atoms with Gasteiger partial charge in [-0.2, -0.15) is 4.99 Å². The van der Waals surface area contributed by atoms with Crippen LogP contribution in [0.4, 0.5) is 0 Å². The lowest BCUT2D eigenvalue weighted by Crippen LogP contribution is -2.40. The molecular weight excluding hydrogens is 192 g/mol. The lowest BCUT2D eigenvalue weighted by Gasteiger charge is -2.20. The molecule has 15 heavy (non-hydrogen) atoms. The SMILES string of the molecule is CCC1=N[N+]2(C#N)C(C)=CC(O)=CC2=N1. The second-order valence-electron chi connectivity index (χ2n) is 3.43. The normalized spacial score (nSPS) is 28.3. The molecule has 0 aliphatic carbocycles. The molecule has 0 aromatic rings. The maximum atomic E-state index is 9.43. The number of aliphatic hydroxyl groups excluding tert-OH is 1. The third-order valence-electron chi connectivity index (χ3n) is 2.45. The highest BCUT2D eigenvalue weighted by molar-refractivity contribution is 6.03. The first-order valence-corrected chi connectivity index (χ1v) is 4.70. The number of hydrogen-bond donors (Lipinski definition) is 1. The Labute approximate surface area is 87.6 Å².